The number of aliphatic hydroxyl groups excluding tert-OH is 1. The van der Waals surface area contributed by atoms with Crippen molar-refractivity contribution >= 4 is 0 Å². The van der Waals surface area contributed by atoms with Gasteiger partial charge in [0.05, 0.1) is 6.61 Å². The number of aliphatic hydroxyl groups is 1. The molecule has 0 saturated heterocycles. The van der Waals surface area contributed by atoms with E-state index in [0.29, 0.717) is 17.4 Å². The van der Waals surface area contributed by atoms with Gasteiger partial charge in [0.25, 0.3) is 0 Å². The van der Waals surface area contributed by atoms with Crippen LogP contribution in [-0.4, -0.2) is 42.3 Å². The van der Waals surface area contributed by atoms with Crippen LogP contribution in [0.2, 0.25) is 0 Å². The Labute approximate surface area is 113 Å². The van der Waals surface area contributed by atoms with Crippen molar-refractivity contribution in [1.82, 2.24) is 4.90 Å². The zero-order valence-corrected chi connectivity index (χ0v) is 12.8. The fraction of sp³-hybridized carbons (Fsp3) is 1.00. The van der Waals surface area contributed by atoms with Gasteiger partial charge in [0.1, 0.15) is 0 Å². The van der Waals surface area contributed by atoms with Crippen molar-refractivity contribution in [2.75, 3.05) is 20.2 Å². The van der Waals surface area contributed by atoms with Crippen molar-refractivity contribution in [2.45, 2.75) is 59.0 Å². The van der Waals surface area contributed by atoms with Gasteiger partial charge in [-0.15, -0.1) is 0 Å². The van der Waals surface area contributed by atoms with E-state index < -0.39 is 0 Å². The van der Waals surface area contributed by atoms with Gasteiger partial charge in [0, 0.05) is 18.6 Å². The van der Waals surface area contributed by atoms with Crippen LogP contribution in [0.25, 0.3) is 0 Å². The van der Waals surface area contributed by atoms with Crippen LogP contribution in [0.15, 0.2) is 0 Å². The van der Waals surface area contributed by atoms with E-state index >= 15 is 0 Å². The Bertz CT molecular complexity index is 249. The minimum atomic E-state index is 0.223. The summed E-state index contributed by atoms with van der Waals surface area (Å²) < 4.78 is 0. The molecule has 0 aromatic carbocycles. The average Bonchev–Trinajstić information content (AvgIpc) is 2.29. The van der Waals surface area contributed by atoms with Gasteiger partial charge in [-0.2, -0.15) is 0 Å². The summed E-state index contributed by atoms with van der Waals surface area (Å²) in [5.74, 6) is 1.35. The first-order valence-electron chi connectivity index (χ1n) is 7.32. The lowest BCUT2D eigenvalue weighted by Crippen LogP contribution is -2.46. The zero-order chi connectivity index (χ0) is 13.9. The summed E-state index contributed by atoms with van der Waals surface area (Å²) in [6, 6.07) is 0.559. The lowest BCUT2D eigenvalue weighted by molar-refractivity contribution is 0.0829. The first-order chi connectivity index (χ1) is 8.25. The van der Waals surface area contributed by atoms with Crippen molar-refractivity contribution in [3.05, 3.63) is 0 Å². The number of likely N-dealkylation sites (N-methyl/N-ethyl adjacent to an activating group) is 1. The summed E-state index contributed by atoms with van der Waals surface area (Å²) in [5.41, 5.74) is 6.67. The third-order valence-electron chi connectivity index (χ3n) is 4.81. The molecule has 108 valence electrons. The van der Waals surface area contributed by atoms with Crippen LogP contribution in [0, 0.1) is 17.3 Å². The Morgan fingerprint density at radius 3 is 2.44 bits per heavy atom. The summed E-state index contributed by atoms with van der Waals surface area (Å²) in [6.45, 7) is 10.3. The molecule has 1 saturated carbocycles. The number of hydrogen-bond acceptors (Lipinski definition) is 3. The van der Waals surface area contributed by atoms with Gasteiger partial charge >= 0.3 is 0 Å². The third-order valence-corrected chi connectivity index (χ3v) is 4.81. The second-order valence-electron chi connectivity index (χ2n) is 7.27. The molecule has 0 aromatic heterocycles. The van der Waals surface area contributed by atoms with E-state index in [1.807, 2.05) is 0 Å². The fourth-order valence-electron chi connectivity index (χ4n) is 2.97. The van der Waals surface area contributed by atoms with E-state index in [9.17, 15) is 5.11 Å². The molecule has 1 aliphatic rings. The molecule has 0 bridgehead atoms. The summed E-state index contributed by atoms with van der Waals surface area (Å²) in [7, 11) is 2.09. The van der Waals surface area contributed by atoms with Gasteiger partial charge in [0.2, 0.25) is 0 Å². The van der Waals surface area contributed by atoms with Gasteiger partial charge in [-0.3, -0.25) is 0 Å². The molecule has 0 spiro atoms. The van der Waals surface area contributed by atoms with Crippen LogP contribution >= 0.6 is 0 Å². The highest BCUT2D eigenvalue weighted by atomic mass is 16.3. The predicted octanol–water partition coefficient (Wildman–Crippen LogP) is 2.09. The highest BCUT2D eigenvalue weighted by molar-refractivity contribution is 4.88. The summed E-state index contributed by atoms with van der Waals surface area (Å²) in [5, 5.41) is 9.21. The number of rotatable bonds is 4. The molecule has 0 heterocycles. The van der Waals surface area contributed by atoms with Crippen LogP contribution < -0.4 is 5.73 Å². The quantitative estimate of drug-likeness (QED) is 0.810. The maximum Gasteiger partial charge on any atom is 0.0584 e. The first kappa shape index (κ1) is 15.9. The molecule has 4 atom stereocenters. The largest absolute Gasteiger partial charge is 0.395 e. The van der Waals surface area contributed by atoms with Crippen molar-refractivity contribution < 1.29 is 5.11 Å². The van der Waals surface area contributed by atoms with E-state index in [4.69, 9.17) is 5.73 Å². The molecule has 1 aliphatic carbocycles. The van der Waals surface area contributed by atoms with Crippen LogP contribution in [-0.2, 0) is 0 Å². The van der Waals surface area contributed by atoms with Gasteiger partial charge < -0.3 is 15.7 Å². The molecule has 0 radical (unpaired) electrons. The van der Waals surface area contributed by atoms with E-state index in [0.717, 1.165) is 18.9 Å². The minimum Gasteiger partial charge on any atom is -0.395 e. The first-order valence-corrected chi connectivity index (χ1v) is 7.32. The predicted molar refractivity (Wildman–Crippen MR) is 77.4 cm³/mol. The normalized spacial score (nSPS) is 31.7. The maximum absolute atomic E-state index is 9.21. The molecule has 1 rings (SSSR count). The molecule has 3 heteroatoms. The van der Waals surface area contributed by atoms with E-state index in [-0.39, 0.29) is 12.6 Å². The summed E-state index contributed by atoms with van der Waals surface area (Å²) >= 11 is 0. The topological polar surface area (TPSA) is 49.5 Å². The Balaban J connectivity index is 2.57. The van der Waals surface area contributed by atoms with Crippen molar-refractivity contribution in [1.29, 1.82) is 0 Å². The second-order valence-corrected chi connectivity index (χ2v) is 7.27. The average molecular weight is 256 g/mol. The van der Waals surface area contributed by atoms with Gasteiger partial charge in [0.15, 0.2) is 0 Å². The highest BCUT2D eigenvalue weighted by Crippen LogP contribution is 2.40. The van der Waals surface area contributed by atoms with Crippen LogP contribution in [0.5, 0.6) is 0 Å². The third kappa shape index (κ3) is 4.22. The van der Waals surface area contributed by atoms with Crippen molar-refractivity contribution in [2.24, 2.45) is 23.0 Å². The zero-order valence-electron chi connectivity index (χ0n) is 12.8. The Hall–Kier alpha value is -0.120. The van der Waals surface area contributed by atoms with Gasteiger partial charge in [-0.05, 0) is 50.5 Å². The molecule has 18 heavy (non-hydrogen) atoms. The van der Waals surface area contributed by atoms with E-state index in [2.05, 4.69) is 39.6 Å². The number of nitrogens with two attached hydrogens (primary N) is 1. The fourth-order valence-corrected chi connectivity index (χ4v) is 2.97. The minimum absolute atomic E-state index is 0.223. The van der Waals surface area contributed by atoms with Gasteiger partial charge in [-0.25, -0.2) is 0 Å². The van der Waals surface area contributed by atoms with Crippen molar-refractivity contribution in [3.63, 3.8) is 0 Å². The molecular formula is C15H32N2O. The molecule has 3 nitrogen and oxygen atoms in total. The Kier molecular flexibility index (Phi) is 5.63. The standard InChI is InChI=1S/C15H32N2O/c1-11(10-18)17(5)9-12-8-13(15(2,3)4)6-7-14(12)16/h11-14,18H,6-10,16H2,1-5H3. The lowest BCUT2D eigenvalue weighted by Gasteiger charge is -2.42. The lowest BCUT2D eigenvalue weighted by atomic mass is 9.67. The van der Waals surface area contributed by atoms with Gasteiger partial charge in [-0.1, -0.05) is 20.8 Å². The highest BCUT2D eigenvalue weighted by Gasteiger charge is 2.35. The van der Waals surface area contributed by atoms with Crippen LogP contribution in [0.1, 0.15) is 47.0 Å². The molecule has 0 aliphatic heterocycles. The smallest absolute Gasteiger partial charge is 0.0584 e. The Morgan fingerprint density at radius 2 is 1.94 bits per heavy atom. The Morgan fingerprint density at radius 1 is 1.33 bits per heavy atom. The van der Waals surface area contributed by atoms with E-state index in [1.165, 1.54) is 12.8 Å². The van der Waals surface area contributed by atoms with Crippen LogP contribution in [0.4, 0.5) is 0 Å². The summed E-state index contributed by atoms with van der Waals surface area (Å²) in [6.07, 6.45) is 3.64. The van der Waals surface area contributed by atoms with E-state index in [1.54, 1.807) is 0 Å². The second kappa shape index (κ2) is 6.36. The molecule has 4 unspecified atom stereocenters. The number of hydrogen-bond donors (Lipinski definition) is 2. The number of nitrogens with zero attached hydrogens (tertiary/aromatic N) is 1. The molecule has 0 amide bonds. The monoisotopic (exact) mass is 256 g/mol. The van der Waals surface area contributed by atoms with Crippen molar-refractivity contribution in [3.8, 4) is 0 Å². The summed E-state index contributed by atoms with van der Waals surface area (Å²) in [4.78, 5) is 2.25. The SMILES string of the molecule is CC(CO)N(C)CC1CC(C(C)(C)C)CCC1N. The van der Waals surface area contributed by atoms with Crippen LogP contribution in [0.3, 0.4) is 0 Å². The molecule has 1 fully saturated rings. The molecule has 0 aromatic rings. The molecular weight excluding hydrogens is 224 g/mol. The molecule has 3 N–H and O–H groups in total. The maximum atomic E-state index is 9.21.